The van der Waals surface area contributed by atoms with E-state index in [0.717, 1.165) is 26.9 Å². The van der Waals surface area contributed by atoms with Gasteiger partial charge in [0.2, 0.25) is 10.0 Å². The van der Waals surface area contributed by atoms with Gasteiger partial charge in [-0.1, -0.05) is 43.3 Å². The lowest BCUT2D eigenvalue weighted by atomic mass is 10.1. The number of hydrogen-bond acceptors (Lipinski definition) is 6. The summed E-state index contributed by atoms with van der Waals surface area (Å²) < 4.78 is 36.8. The minimum Gasteiger partial charge on any atom is -0.493 e. The Morgan fingerprint density at radius 3 is 2.36 bits per heavy atom. The molecular weight excluding hydrogens is 442 g/mol. The number of nitrogens with one attached hydrogen (secondary N) is 1. The topological polar surface area (TPSA) is 97.3 Å². The molecule has 0 aromatic heterocycles. The van der Waals surface area contributed by atoms with E-state index in [9.17, 15) is 13.2 Å². The summed E-state index contributed by atoms with van der Waals surface area (Å²) >= 11 is 0. The van der Waals surface area contributed by atoms with Crippen molar-refractivity contribution in [1.29, 1.82) is 0 Å². The summed E-state index contributed by atoms with van der Waals surface area (Å²) in [7, 11) is -0.631. The molecule has 0 bridgehead atoms. The molecule has 3 aromatic carbocycles. The standard InChI is InChI=1S/C24H27N3O5S/c1-5-20(18-13-14-22(31-2)23(15-18)32-3)25-26-24(28)16-27(33(4,29)30)21-12-8-10-17-9-6-7-11-19(17)21/h6-15H,5,16H2,1-4H3,(H,26,28)/b25-20-. The van der Waals surface area contributed by atoms with Crippen LogP contribution in [0.15, 0.2) is 65.8 Å². The average molecular weight is 470 g/mol. The van der Waals surface area contributed by atoms with Gasteiger partial charge in [-0.2, -0.15) is 5.10 Å². The molecule has 0 atom stereocenters. The number of carbonyl (C=O) groups is 1. The van der Waals surface area contributed by atoms with Crippen molar-refractivity contribution in [1.82, 2.24) is 5.43 Å². The molecule has 1 amide bonds. The van der Waals surface area contributed by atoms with Crippen molar-refractivity contribution >= 4 is 38.1 Å². The van der Waals surface area contributed by atoms with Crippen LogP contribution in [0.3, 0.4) is 0 Å². The SMILES string of the molecule is CC/C(=N/NC(=O)CN(c1cccc2ccccc12)S(C)(=O)=O)c1ccc(OC)c(OC)c1. The molecule has 0 unspecified atom stereocenters. The highest BCUT2D eigenvalue weighted by Gasteiger charge is 2.22. The number of benzene rings is 3. The van der Waals surface area contributed by atoms with E-state index in [-0.39, 0.29) is 0 Å². The number of methoxy groups -OCH3 is 2. The lowest BCUT2D eigenvalue weighted by Gasteiger charge is -2.23. The summed E-state index contributed by atoms with van der Waals surface area (Å²) in [5.74, 6) is 0.570. The van der Waals surface area contributed by atoms with E-state index < -0.39 is 22.5 Å². The van der Waals surface area contributed by atoms with E-state index in [4.69, 9.17) is 9.47 Å². The van der Waals surface area contributed by atoms with Crippen molar-refractivity contribution in [3.63, 3.8) is 0 Å². The number of hydrogen-bond donors (Lipinski definition) is 1. The third-order valence-corrected chi connectivity index (χ3v) is 6.22. The zero-order chi connectivity index (χ0) is 24.0. The number of rotatable bonds is 9. The molecule has 0 fully saturated rings. The number of carbonyl (C=O) groups excluding carboxylic acids is 1. The van der Waals surface area contributed by atoms with Crippen LogP contribution < -0.4 is 19.2 Å². The second kappa shape index (κ2) is 10.4. The van der Waals surface area contributed by atoms with Gasteiger partial charge >= 0.3 is 0 Å². The minimum absolute atomic E-state index is 0.404. The summed E-state index contributed by atoms with van der Waals surface area (Å²) in [6, 6.07) is 18.1. The maximum absolute atomic E-state index is 12.7. The van der Waals surface area contributed by atoms with Crippen molar-refractivity contribution in [3.05, 3.63) is 66.2 Å². The highest BCUT2D eigenvalue weighted by Crippen LogP contribution is 2.29. The first-order valence-corrected chi connectivity index (χ1v) is 12.2. The molecule has 0 aliphatic carbocycles. The molecule has 0 aliphatic heterocycles. The van der Waals surface area contributed by atoms with E-state index in [2.05, 4.69) is 10.5 Å². The minimum atomic E-state index is -3.72. The molecule has 174 valence electrons. The lowest BCUT2D eigenvalue weighted by molar-refractivity contribution is -0.119. The van der Waals surface area contributed by atoms with Crippen molar-refractivity contribution in [2.24, 2.45) is 5.10 Å². The Balaban J connectivity index is 1.85. The smallest absolute Gasteiger partial charge is 0.260 e. The lowest BCUT2D eigenvalue weighted by Crippen LogP contribution is -2.39. The summed E-state index contributed by atoms with van der Waals surface area (Å²) in [4.78, 5) is 12.7. The Morgan fingerprint density at radius 1 is 1.00 bits per heavy atom. The van der Waals surface area contributed by atoms with Crippen molar-refractivity contribution in [2.75, 3.05) is 31.3 Å². The highest BCUT2D eigenvalue weighted by molar-refractivity contribution is 7.92. The number of anilines is 1. The molecule has 0 aliphatic rings. The van der Waals surface area contributed by atoms with Crippen molar-refractivity contribution in [3.8, 4) is 11.5 Å². The number of hydrazone groups is 1. The van der Waals surface area contributed by atoms with Gasteiger partial charge in [0.1, 0.15) is 6.54 Å². The Kier molecular flexibility index (Phi) is 7.55. The molecule has 0 radical (unpaired) electrons. The van der Waals surface area contributed by atoms with E-state index in [1.165, 1.54) is 0 Å². The zero-order valence-corrected chi connectivity index (χ0v) is 19.8. The van der Waals surface area contributed by atoms with Gasteiger partial charge in [0, 0.05) is 10.9 Å². The van der Waals surface area contributed by atoms with Crippen molar-refractivity contribution < 1.29 is 22.7 Å². The summed E-state index contributed by atoms with van der Waals surface area (Å²) in [5, 5.41) is 5.85. The Bertz CT molecular complexity index is 1280. The second-order valence-corrected chi connectivity index (χ2v) is 9.19. The fraction of sp³-hybridized carbons (Fsp3) is 0.250. The quantitative estimate of drug-likeness (QED) is 0.382. The molecule has 0 saturated carbocycles. The predicted molar refractivity (Wildman–Crippen MR) is 131 cm³/mol. The largest absolute Gasteiger partial charge is 0.493 e. The third-order valence-electron chi connectivity index (χ3n) is 5.09. The Labute approximate surface area is 193 Å². The van der Waals surface area contributed by atoms with Gasteiger partial charge in [-0.25, -0.2) is 13.8 Å². The molecule has 3 rings (SSSR count). The van der Waals surface area contributed by atoms with Crippen LogP contribution in [-0.4, -0.2) is 47.1 Å². The van der Waals surface area contributed by atoms with Gasteiger partial charge in [-0.05, 0) is 36.1 Å². The first kappa shape index (κ1) is 24.1. The van der Waals surface area contributed by atoms with Crippen LogP contribution in [0.4, 0.5) is 5.69 Å². The monoisotopic (exact) mass is 469 g/mol. The average Bonchev–Trinajstić information content (AvgIpc) is 2.81. The van der Waals surface area contributed by atoms with E-state index in [0.29, 0.717) is 29.3 Å². The number of nitrogens with zero attached hydrogens (tertiary/aromatic N) is 2. The molecule has 0 spiro atoms. The molecule has 33 heavy (non-hydrogen) atoms. The molecule has 8 nitrogen and oxygen atoms in total. The molecule has 9 heteroatoms. The van der Waals surface area contributed by atoms with E-state index in [1.54, 1.807) is 38.5 Å². The van der Waals surface area contributed by atoms with Crippen LogP contribution in [0.5, 0.6) is 11.5 Å². The van der Waals surface area contributed by atoms with Gasteiger partial charge in [-0.15, -0.1) is 0 Å². The van der Waals surface area contributed by atoms with Crippen LogP contribution in [0, 0.1) is 0 Å². The first-order chi connectivity index (χ1) is 15.8. The molecular formula is C24H27N3O5S. The van der Waals surface area contributed by atoms with Crippen LogP contribution in [-0.2, 0) is 14.8 Å². The van der Waals surface area contributed by atoms with Gasteiger partial charge in [0.15, 0.2) is 11.5 Å². The number of sulfonamides is 1. The van der Waals surface area contributed by atoms with Crippen molar-refractivity contribution in [2.45, 2.75) is 13.3 Å². The number of amides is 1. The summed E-state index contributed by atoms with van der Waals surface area (Å²) in [6.07, 6.45) is 1.61. The van der Waals surface area contributed by atoms with Gasteiger partial charge in [0.05, 0.1) is 31.9 Å². The van der Waals surface area contributed by atoms with Gasteiger partial charge in [-0.3, -0.25) is 9.10 Å². The predicted octanol–water partition coefficient (Wildman–Crippen LogP) is 3.55. The molecule has 3 aromatic rings. The van der Waals surface area contributed by atoms with Gasteiger partial charge < -0.3 is 9.47 Å². The third kappa shape index (κ3) is 5.61. The number of ether oxygens (including phenoxy) is 2. The molecule has 0 saturated heterocycles. The summed E-state index contributed by atoms with van der Waals surface area (Å²) in [6.45, 7) is 1.50. The molecule has 1 N–H and O–H groups in total. The fourth-order valence-electron chi connectivity index (χ4n) is 3.47. The van der Waals surface area contributed by atoms with Crippen LogP contribution in [0.2, 0.25) is 0 Å². The maximum Gasteiger partial charge on any atom is 0.260 e. The van der Waals surface area contributed by atoms with Crippen LogP contribution >= 0.6 is 0 Å². The number of fused-ring (bicyclic) bond motifs is 1. The Morgan fingerprint density at radius 2 is 1.70 bits per heavy atom. The van der Waals surface area contributed by atoms with Gasteiger partial charge in [0.25, 0.3) is 5.91 Å². The first-order valence-electron chi connectivity index (χ1n) is 10.3. The fourth-order valence-corrected chi connectivity index (χ4v) is 4.33. The highest BCUT2D eigenvalue weighted by atomic mass is 32.2. The van der Waals surface area contributed by atoms with Crippen LogP contribution in [0.1, 0.15) is 18.9 Å². The second-order valence-electron chi connectivity index (χ2n) is 7.28. The van der Waals surface area contributed by atoms with Crippen LogP contribution in [0.25, 0.3) is 10.8 Å². The Hall–Kier alpha value is -3.59. The normalized spacial score (nSPS) is 11.8. The van der Waals surface area contributed by atoms with E-state index >= 15 is 0 Å². The van der Waals surface area contributed by atoms with E-state index in [1.807, 2.05) is 43.3 Å². The summed E-state index contributed by atoms with van der Waals surface area (Å²) in [5.41, 5.74) is 4.29. The molecule has 0 heterocycles. The zero-order valence-electron chi connectivity index (χ0n) is 19.0. The maximum atomic E-state index is 12.7.